The van der Waals surface area contributed by atoms with Gasteiger partial charge >= 0.3 is 6.09 Å². The molecule has 2 aromatic heterocycles. The number of halogens is 2. The molecule has 2 aliphatic rings. The van der Waals surface area contributed by atoms with Gasteiger partial charge < -0.3 is 24.8 Å². The molecule has 0 spiro atoms. The summed E-state index contributed by atoms with van der Waals surface area (Å²) in [6.07, 6.45) is 3.84. The molecule has 0 aliphatic carbocycles. The zero-order chi connectivity index (χ0) is 32.3. The Morgan fingerprint density at radius 2 is 1.76 bits per heavy atom. The molecule has 45 heavy (non-hydrogen) atoms. The molecule has 2 unspecified atom stereocenters. The first-order valence-corrected chi connectivity index (χ1v) is 15.3. The lowest BCUT2D eigenvalue weighted by atomic mass is 9.94. The standard InChI is InChI=1S/C30H40F2N10O3/c1-6-41(21-10-12-39(13-11-21)28-36-38-42(7-2)37-28)26(43)19-15-33-27(34-16-19)40-17-23(22-14-20(31)8-9-24(22)32)25(18-40)35-29(44)45-30(3,4)5/h8-9,14-16,21,23,25H,6-7,10-13,17-18H2,1-5H3,(H,35,44). The average Bonchev–Trinajstić information content (AvgIpc) is 3.66. The highest BCUT2D eigenvalue weighted by atomic mass is 19.1. The molecular formula is C30H40F2N10O3. The van der Waals surface area contributed by atoms with Crippen LogP contribution in [0.3, 0.4) is 0 Å². The number of nitrogens with one attached hydrogen (secondary N) is 1. The largest absolute Gasteiger partial charge is 0.444 e. The molecule has 1 N–H and O–H groups in total. The van der Waals surface area contributed by atoms with Crippen LogP contribution in [0.2, 0.25) is 0 Å². The van der Waals surface area contributed by atoms with Crippen LogP contribution < -0.4 is 15.1 Å². The fraction of sp³-hybridized carbons (Fsp3) is 0.567. The van der Waals surface area contributed by atoms with Crippen LogP contribution in [0, 0.1) is 11.6 Å². The van der Waals surface area contributed by atoms with Gasteiger partial charge in [0.05, 0.1) is 18.2 Å². The van der Waals surface area contributed by atoms with E-state index in [-0.39, 0.29) is 30.6 Å². The number of hydrogen-bond donors (Lipinski definition) is 1. The van der Waals surface area contributed by atoms with Crippen molar-refractivity contribution in [2.45, 2.75) is 77.6 Å². The van der Waals surface area contributed by atoms with E-state index in [1.54, 1.807) is 30.5 Å². The second-order valence-electron chi connectivity index (χ2n) is 12.3. The smallest absolute Gasteiger partial charge is 0.407 e. The summed E-state index contributed by atoms with van der Waals surface area (Å²) >= 11 is 0. The van der Waals surface area contributed by atoms with Crippen LogP contribution in [0.15, 0.2) is 30.6 Å². The number of hydrogen-bond acceptors (Lipinski definition) is 10. The number of aromatic nitrogens is 6. The van der Waals surface area contributed by atoms with Crippen LogP contribution in [0.25, 0.3) is 0 Å². The number of nitrogens with zero attached hydrogens (tertiary/aromatic N) is 9. The number of carbonyl (C=O) groups is 2. The Balaban J connectivity index is 1.27. The molecule has 1 aromatic carbocycles. The van der Waals surface area contributed by atoms with E-state index in [4.69, 9.17) is 4.74 Å². The van der Waals surface area contributed by atoms with Crippen LogP contribution >= 0.6 is 0 Å². The van der Waals surface area contributed by atoms with Crippen molar-refractivity contribution in [3.8, 4) is 0 Å². The van der Waals surface area contributed by atoms with E-state index in [9.17, 15) is 18.4 Å². The van der Waals surface area contributed by atoms with Crippen LogP contribution in [0.4, 0.5) is 25.5 Å². The number of alkyl carbamates (subject to hydrolysis) is 1. The lowest BCUT2D eigenvalue weighted by Crippen LogP contribution is -2.47. The molecule has 242 valence electrons. The summed E-state index contributed by atoms with van der Waals surface area (Å²) in [7, 11) is 0. The van der Waals surface area contributed by atoms with Crippen molar-refractivity contribution in [2.75, 3.05) is 42.5 Å². The maximum Gasteiger partial charge on any atom is 0.407 e. The molecule has 13 nitrogen and oxygen atoms in total. The van der Waals surface area contributed by atoms with E-state index >= 15 is 0 Å². The highest BCUT2D eigenvalue weighted by molar-refractivity contribution is 5.94. The molecular weight excluding hydrogens is 586 g/mol. The molecule has 5 rings (SSSR count). The van der Waals surface area contributed by atoms with Gasteiger partial charge in [-0.15, -0.1) is 5.10 Å². The van der Waals surface area contributed by atoms with E-state index in [2.05, 4.69) is 35.6 Å². The third-order valence-corrected chi connectivity index (χ3v) is 8.06. The Morgan fingerprint density at radius 1 is 1.04 bits per heavy atom. The van der Waals surface area contributed by atoms with E-state index in [1.807, 2.05) is 18.7 Å². The molecule has 3 aromatic rings. The van der Waals surface area contributed by atoms with Gasteiger partial charge in [0.1, 0.15) is 17.2 Å². The van der Waals surface area contributed by atoms with Gasteiger partial charge in [0.25, 0.3) is 11.9 Å². The molecule has 2 aliphatic heterocycles. The average molecular weight is 627 g/mol. The number of amides is 2. The van der Waals surface area contributed by atoms with E-state index < -0.39 is 35.3 Å². The minimum absolute atomic E-state index is 0.0415. The Kier molecular flexibility index (Phi) is 9.44. The minimum Gasteiger partial charge on any atom is -0.444 e. The van der Waals surface area contributed by atoms with Crippen molar-refractivity contribution < 1.29 is 23.1 Å². The molecule has 0 saturated carbocycles. The fourth-order valence-electron chi connectivity index (χ4n) is 5.89. The molecule has 0 radical (unpaired) electrons. The topological polar surface area (TPSA) is 134 Å². The number of carbonyl (C=O) groups excluding carboxylic acids is 2. The molecule has 2 saturated heterocycles. The van der Waals surface area contributed by atoms with Crippen molar-refractivity contribution in [1.82, 2.24) is 40.4 Å². The van der Waals surface area contributed by atoms with E-state index in [0.29, 0.717) is 43.6 Å². The van der Waals surface area contributed by atoms with Crippen molar-refractivity contribution >= 4 is 23.9 Å². The number of aryl methyl sites for hydroxylation is 1. The number of tetrazole rings is 1. The normalized spacial score (nSPS) is 19.1. The van der Waals surface area contributed by atoms with Crippen molar-refractivity contribution in [3.63, 3.8) is 0 Å². The number of anilines is 2. The van der Waals surface area contributed by atoms with Crippen molar-refractivity contribution in [2.24, 2.45) is 0 Å². The van der Waals surface area contributed by atoms with Gasteiger partial charge in [-0.1, -0.05) is 5.10 Å². The number of rotatable bonds is 8. The van der Waals surface area contributed by atoms with Gasteiger partial charge in [-0.3, -0.25) is 4.79 Å². The van der Waals surface area contributed by atoms with Crippen LogP contribution in [-0.2, 0) is 11.3 Å². The van der Waals surface area contributed by atoms with Crippen LogP contribution in [-0.4, -0.2) is 97.5 Å². The summed E-state index contributed by atoms with van der Waals surface area (Å²) in [5, 5.41) is 15.4. The Labute approximate surface area is 260 Å². The molecule has 2 fully saturated rings. The van der Waals surface area contributed by atoms with Gasteiger partial charge in [-0.2, -0.15) is 4.80 Å². The van der Waals surface area contributed by atoms with Crippen LogP contribution in [0.1, 0.15) is 69.3 Å². The molecule has 2 atom stereocenters. The molecule has 0 bridgehead atoms. The lowest BCUT2D eigenvalue weighted by molar-refractivity contribution is 0.0504. The SMILES string of the molecule is CCN(C(=O)c1cnc(N2CC(NC(=O)OC(C)(C)C)C(c3cc(F)ccc3F)C2)nc1)C1CCN(c2nnn(CC)n2)CC1. The molecule has 15 heteroatoms. The Bertz CT molecular complexity index is 1490. The summed E-state index contributed by atoms with van der Waals surface area (Å²) in [6.45, 7) is 12.2. The van der Waals surface area contributed by atoms with Gasteiger partial charge in [0.2, 0.25) is 5.95 Å². The fourth-order valence-corrected chi connectivity index (χ4v) is 5.89. The predicted molar refractivity (Wildman–Crippen MR) is 162 cm³/mol. The number of piperidine rings is 1. The van der Waals surface area contributed by atoms with Crippen LogP contribution in [0.5, 0.6) is 0 Å². The summed E-state index contributed by atoms with van der Waals surface area (Å²) in [5.41, 5.74) is -0.240. The van der Waals surface area contributed by atoms with Gasteiger partial charge in [-0.05, 0) is 76.4 Å². The quantitative estimate of drug-likeness (QED) is 0.397. The highest BCUT2D eigenvalue weighted by Crippen LogP contribution is 2.32. The lowest BCUT2D eigenvalue weighted by Gasteiger charge is -2.37. The monoisotopic (exact) mass is 626 g/mol. The summed E-state index contributed by atoms with van der Waals surface area (Å²) in [4.78, 5) is 42.3. The molecule has 2 amide bonds. The maximum absolute atomic E-state index is 14.8. The first-order valence-electron chi connectivity index (χ1n) is 15.3. The predicted octanol–water partition coefficient (Wildman–Crippen LogP) is 3.39. The van der Waals surface area contributed by atoms with Crippen molar-refractivity contribution in [3.05, 3.63) is 53.4 Å². The highest BCUT2D eigenvalue weighted by Gasteiger charge is 2.39. The molecule has 4 heterocycles. The Morgan fingerprint density at radius 3 is 2.38 bits per heavy atom. The van der Waals surface area contributed by atoms with E-state index in [0.717, 1.165) is 31.0 Å². The Hall–Kier alpha value is -4.43. The van der Waals surface area contributed by atoms with Gasteiger partial charge in [0.15, 0.2) is 0 Å². The number of benzene rings is 1. The third-order valence-electron chi connectivity index (χ3n) is 8.06. The third kappa shape index (κ3) is 7.45. The van der Waals surface area contributed by atoms with Crippen molar-refractivity contribution in [1.29, 1.82) is 0 Å². The minimum atomic E-state index is -0.732. The summed E-state index contributed by atoms with van der Waals surface area (Å²) in [5.74, 6) is -1.00. The second-order valence-corrected chi connectivity index (χ2v) is 12.3. The number of ether oxygens (including phenoxy) is 1. The second kappa shape index (κ2) is 13.3. The zero-order valence-electron chi connectivity index (χ0n) is 26.3. The summed E-state index contributed by atoms with van der Waals surface area (Å²) < 4.78 is 34.4. The maximum atomic E-state index is 14.8. The van der Waals surface area contributed by atoms with Gasteiger partial charge in [-0.25, -0.2) is 23.5 Å². The van der Waals surface area contributed by atoms with E-state index in [1.165, 1.54) is 12.4 Å². The van der Waals surface area contributed by atoms with Gasteiger partial charge in [0, 0.05) is 57.1 Å². The first kappa shape index (κ1) is 32.0. The zero-order valence-corrected chi connectivity index (χ0v) is 26.3. The first-order chi connectivity index (χ1) is 21.5. The summed E-state index contributed by atoms with van der Waals surface area (Å²) in [6, 6.07) is 2.71.